The molecule has 2 rings (SSSR count). The summed E-state index contributed by atoms with van der Waals surface area (Å²) in [6, 6.07) is 2.04. The Morgan fingerprint density at radius 3 is 2.08 bits per heavy atom. The number of halogens is 5. The van der Waals surface area contributed by atoms with E-state index in [2.05, 4.69) is 6.92 Å². The quantitative estimate of drug-likeness (QED) is 0.292. The average molecular weight is 386 g/mol. The summed E-state index contributed by atoms with van der Waals surface area (Å²) in [5.41, 5.74) is 0. The lowest BCUT2D eigenvalue weighted by Crippen LogP contribution is -2.25. The van der Waals surface area contributed by atoms with Gasteiger partial charge in [0.05, 0.1) is 5.92 Å². The smallest absolute Gasteiger partial charge is 0.314 e. The van der Waals surface area contributed by atoms with Gasteiger partial charge in [-0.05, 0) is 55.9 Å². The monoisotopic (exact) mass is 386 g/mol. The lowest BCUT2D eigenvalue weighted by molar-refractivity contribution is -0.140. The van der Waals surface area contributed by atoms with Crippen molar-refractivity contribution in [1.82, 2.24) is 0 Å². The first-order valence-electron chi connectivity index (χ1n) is 8.45. The van der Waals surface area contributed by atoms with Gasteiger partial charge in [0.25, 0.3) is 0 Å². The van der Waals surface area contributed by atoms with Crippen LogP contribution in [0.15, 0.2) is 29.2 Å². The topological polar surface area (TPSA) is 26.3 Å². The van der Waals surface area contributed by atoms with Crippen LogP contribution >= 0.6 is 10.2 Å². The maximum atomic E-state index is 12.6. The average Bonchev–Trinajstić information content (AvgIpc) is 2.51. The third-order valence-electron chi connectivity index (χ3n) is 4.63. The normalized spacial score (nSPS) is 24.2. The fraction of sp³-hybridized carbons (Fsp3) is 0.588. The van der Waals surface area contributed by atoms with E-state index in [1.807, 2.05) is 0 Å². The van der Waals surface area contributed by atoms with E-state index in [0.29, 0.717) is 18.8 Å². The molecule has 1 aromatic carbocycles. The molecule has 0 atom stereocenters. The predicted molar refractivity (Wildman–Crippen MR) is 88.4 cm³/mol. The van der Waals surface area contributed by atoms with Crippen LogP contribution in [0.25, 0.3) is 0 Å². The summed E-state index contributed by atoms with van der Waals surface area (Å²) in [4.78, 5) is 10.1. The third kappa shape index (κ3) is 5.87. The molecule has 0 bridgehead atoms. The van der Waals surface area contributed by atoms with Crippen LogP contribution in [0.1, 0.15) is 51.9 Å². The molecule has 144 valence electrons. The second-order valence-corrected chi connectivity index (χ2v) is 9.13. The Bertz CT molecular complexity index is 604. The van der Waals surface area contributed by atoms with Crippen molar-refractivity contribution in [2.24, 2.45) is 11.8 Å². The molecule has 8 heteroatoms. The summed E-state index contributed by atoms with van der Waals surface area (Å²) in [6.45, 7) is 2.13. The van der Waals surface area contributed by atoms with Crippen LogP contribution in [0.5, 0.6) is 5.75 Å². The molecule has 0 unspecified atom stereocenters. The van der Waals surface area contributed by atoms with Crippen molar-refractivity contribution in [1.29, 1.82) is 0 Å². The maximum Gasteiger partial charge on any atom is 0.314 e. The van der Waals surface area contributed by atoms with Crippen molar-refractivity contribution >= 4 is 16.2 Å². The maximum absolute atomic E-state index is 12.6. The minimum atomic E-state index is -9.69. The molecule has 0 spiro atoms. The van der Waals surface area contributed by atoms with Crippen LogP contribution in [-0.2, 0) is 4.79 Å². The number of hydrogen-bond acceptors (Lipinski definition) is 2. The summed E-state index contributed by atoms with van der Waals surface area (Å²) in [7, 11) is -9.69. The number of ether oxygens (including phenoxy) is 1. The first-order chi connectivity index (χ1) is 11.4. The molecule has 1 aromatic rings. The Morgan fingerprint density at radius 1 is 1.04 bits per heavy atom. The van der Waals surface area contributed by atoms with Crippen molar-refractivity contribution in [2.75, 3.05) is 0 Å². The van der Waals surface area contributed by atoms with Crippen molar-refractivity contribution < 1.29 is 29.0 Å². The van der Waals surface area contributed by atoms with E-state index >= 15 is 0 Å². The molecule has 2 nitrogen and oxygen atoms in total. The summed E-state index contributed by atoms with van der Waals surface area (Å²) in [6.07, 6.45) is 6.70. The van der Waals surface area contributed by atoms with Gasteiger partial charge in [0.15, 0.2) is 0 Å². The number of unbranched alkanes of at least 4 members (excludes halogenated alkanes) is 1. The minimum Gasteiger partial charge on any atom is -0.426 e. The minimum absolute atomic E-state index is 0.149. The molecule has 0 aromatic heterocycles. The number of esters is 1. The zero-order valence-corrected chi connectivity index (χ0v) is 14.8. The van der Waals surface area contributed by atoms with Crippen LogP contribution in [0, 0.1) is 11.8 Å². The van der Waals surface area contributed by atoms with Gasteiger partial charge in [0.2, 0.25) is 0 Å². The number of carbonyl (C=O) groups excluding carboxylic acids is 1. The highest BCUT2D eigenvalue weighted by Gasteiger charge is 2.65. The lowest BCUT2D eigenvalue weighted by atomic mass is 9.80. The molecular formula is C17H23F5O2S. The highest BCUT2D eigenvalue weighted by atomic mass is 32.5. The van der Waals surface area contributed by atoms with E-state index in [1.54, 1.807) is 0 Å². The second-order valence-electron chi connectivity index (χ2n) is 6.72. The largest absolute Gasteiger partial charge is 0.426 e. The van der Waals surface area contributed by atoms with E-state index in [1.165, 1.54) is 0 Å². The first kappa shape index (κ1) is 20.0. The summed E-state index contributed by atoms with van der Waals surface area (Å²) in [5, 5.41) is 0. The van der Waals surface area contributed by atoms with Crippen LogP contribution < -0.4 is 4.74 Å². The second kappa shape index (κ2) is 6.45. The van der Waals surface area contributed by atoms with Crippen LogP contribution in [0.3, 0.4) is 0 Å². The molecule has 0 saturated heterocycles. The Labute approximate surface area is 144 Å². The van der Waals surface area contributed by atoms with E-state index in [4.69, 9.17) is 4.74 Å². The number of rotatable bonds is 6. The summed E-state index contributed by atoms with van der Waals surface area (Å²) in [5.74, 6) is -0.327. The first-order valence-corrected chi connectivity index (χ1v) is 10.4. The molecule has 1 aliphatic rings. The zero-order valence-electron chi connectivity index (χ0n) is 14.0. The number of benzene rings is 1. The van der Waals surface area contributed by atoms with Crippen LogP contribution in [0.2, 0.25) is 0 Å². The van der Waals surface area contributed by atoms with Gasteiger partial charge in [-0.2, -0.15) is 0 Å². The SMILES string of the molecule is CCCC[C@H]1CC[C@H](C(=O)Oc2ccc(S(F)(F)(F)(F)F)cc2)CC1. The number of hydrogen-bond donors (Lipinski definition) is 0. The van der Waals surface area contributed by atoms with E-state index in [-0.39, 0.29) is 23.8 Å². The Morgan fingerprint density at radius 2 is 1.60 bits per heavy atom. The predicted octanol–water partition coefficient (Wildman–Crippen LogP) is 7.25. The Balaban J connectivity index is 1.92. The van der Waals surface area contributed by atoms with Gasteiger partial charge in [-0.25, -0.2) is 0 Å². The van der Waals surface area contributed by atoms with Crippen molar-refractivity contribution in [3.63, 3.8) is 0 Å². The molecule has 1 aliphatic carbocycles. The third-order valence-corrected chi connectivity index (χ3v) is 5.80. The van der Waals surface area contributed by atoms with E-state index in [9.17, 15) is 24.2 Å². The van der Waals surface area contributed by atoms with E-state index < -0.39 is 21.1 Å². The zero-order chi connectivity index (χ0) is 18.8. The van der Waals surface area contributed by atoms with Gasteiger partial charge >= 0.3 is 16.2 Å². The summed E-state index contributed by atoms with van der Waals surface area (Å²) < 4.78 is 68.3. The number of carbonyl (C=O) groups is 1. The fourth-order valence-corrected chi connectivity index (χ4v) is 3.79. The molecule has 25 heavy (non-hydrogen) atoms. The molecule has 0 amide bonds. The molecule has 0 aliphatic heterocycles. The van der Waals surface area contributed by atoms with Gasteiger partial charge in [-0.1, -0.05) is 45.6 Å². The van der Waals surface area contributed by atoms with Gasteiger partial charge in [0.1, 0.15) is 10.6 Å². The molecule has 0 heterocycles. The van der Waals surface area contributed by atoms with Gasteiger partial charge < -0.3 is 4.74 Å². The standard InChI is InChI=1S/C17H23F5O2S/c1-2-3-4-13-5-7-14(8-6-13)17(23)24-15-9-11-16(12-10-15)25(18,19,20,21)22/h9-14H,2-8H2,1H3/t13-,14-. The van der Waals surface area contributed by atoms with Crippen LogP contribution in [-0.4, -0.2) is 5.97 Å². The van der Waals surface area contributed by atoms with E-state index in [0.717, 1.165) is 44.2 Å². The molecule has 1 fully saturated rings. The Hall–Kier alpha value is -1.31. The van der Waals surface area contributed by atoms with Crippen molar-refractivity contribution in [3.8, 4) is 5.75 Å². The van der Waals surface area contributed by atoms with Crippen molar-refractivity contribution in [2.45, 2.75) is 56.8 Å². The van der Waals surface area contributed by atoms with Gasteiger partial charge in [0, 0.05) is 0 Å². The van der Waals surface area contributed by atoms with Crippen molar-refractivity contribution in [3.05, 3.63) is 24.3 Å². The molecular weight excluding hydrogens is 363 g/mol. The van der Waals surface area contributed by atoms with Gasteiger partial charge in [-0.3, -0.25) is 4.79 Å². The molecule has 0 radical (unpaired) electrons. The molecule has 1 saturated carbocycles. The highest BCUT2D eigenvalue weighted by molar-refractivity contribution is 8.45. The highest BCUT2D eigenvalue weighted by Crippen LogP contribution is 3.02. The fourth-order valence-electron chi connectivity index (χ4n) is 3.14. The van der Waals surface area contributed by atoms with Crippen LogP contribution in [0.4, 0.5) is 19.4 Å². The van der Waals surface area contributed by atoms with Gasteiger partial charge in [-0.15, -0.1) is 0 Å². The summed E-state index contributed by atoms with van der Waals surface area (Å²) >= 11 is 0. The molecule has 0 N–H and O–H groups in total. The lowest BCUT2D eigenvalue weighted by Gasteiger charge is -2.40. The Kier molecular flexibility index (Phi) is 5.16.